The average molecular weight is 348 g/mol. The van der Waals surface area contributed by atoms with Crippen molar-refractivity contribution in [2.24, 2.45) is 0 Å². The number of hydrogen-bond acceptors (Lipinski definition) is 5. The van der Waals surface area contributed by atoms with Crippen LogP contribution in [-0.2, 0) is 4.74 Å². The van der Waals surface area contributed by atoms with Crippen molar-refractivity contribution in [3.63, 3.8) is 0 Å². The number of rotatable bonds is 9. The van der Waals surface area contributed by atoms with Gasteiger partial charge in [0.2, 0.25) is 0 Å². The van der Waals surface area contributed by atoms with E-state index in [0.717, 1.165) is 32.5 Å². The number of piperidine rings is 1. The van der Waals surface area contributed by atoms with Crippen LogP contribution in [0.1, 0.15) is 23.2 Å². The van der Waals surface area contributed by atoms with Crippen molar-refractivity contribution < 1.29 is 19.0 Å². The Kier molecular flexibility index (Phi) is 7.76. The first-order chi connectivity index (χ1) is 12.2. The lowest BCUT2D eigenvalue weighted by Crippen LogP contribution is -2.48. The predicted molar refractivity (Wildman–Crippen MR) is 97.5 cm³/mol. The van der Waals surface area contributed by atoms with Gasteiger partial charge in [0.25, 0.3) is 5.91 Å². The summed E-state index contributed by atoms with van der Waals surface area (Å²) in [5.74, 6) is 1.05. The first kappa shape index (κ1) is 19.3. The predicted octanol–water partition coefficient (Wildman–Crippen LogP) is 2.10. The van der Waals surface area contributed by atoms with Gasteiger partial charge in [-0.1, -0.05) is 12.7 Å². The summed E-state index contributed by atoms with van der Waals surface area (Å²) in [6.07, 6.45) is 3.73. The lowest BCUT2D eigenvalue weighted by atomic mass is 10.0. The molecule has 138 valence electrons. The fourth-order valence-electron chi connectivity index (χ4n) is 2.94. The molecule has 0 aliphatic carbocycles. The minimum Gasteiger partial charge on any atom is -0.493 e. The second-order valence-electron chi connectivity index (χ2n) is 6.07. The molecule has 1 fully saturated rings. The minimum atomic E-state index is -0.0906. The molecule has 1 amide bonds. The van der Waals surface area contributed by atoms with Crippen LogP contribution >= 0.6 is 0 Å². The van der Waals surface area contributed by atoms with Gasteiger partial charge in [0.1, 0.15) is 6.61 Å². The van der Waals surface area contributed by atoms with Crippen LogP contribution in [0.3, 0.4) is 0 Å². The molecule has 6 heteroatoms. The third kappa shape index (κ3) is 5.76. The quantitative estimate of drug-likeness (QED) is 0.693. The summed E-state index contributed by atoms with van der Waals surface area (Å²) >= 11 is 0. The molecular formula is C19H28N2O4. The van der Waals surface area contributed by atoms with E-state index in [4.69, 9.17) is 14.2 Å². The van der Waals surface area contributed by atoms with E-state index in [1.165, 1.54) is 0 Å². The molecule has 1 saturated heterocycles. The molecule has 1 aromatic carbocycles. The van der Waals surface area contributed by atoms with Crippen molar-refractivity contribution in [2.75, 3.05) is 47.1 Å². The largest absolute Gasteiger partial charge is 0.493 e. The Hall–Kier alpha value is -2.05. The van der Waals surface area contributed by atoms with Gasteiger partial charge >= 0.3 is 0 Å². The average Bonchev–Trinajstić information content (AvgIpc) is 2.64. The zero-order valence-electron chi connectivity index (χ0n) is 15.1. The highest BCUT2D eigenvalue weighted by Gasteiger charge is 2.22. The van der Waals surface area contributed by atoms with Crippen molar-refractivity contribution in [2.45, 2.75) is 18.9 Å². The Morgan fingerprint density at radius 2 is 2.24 bits per heavy atom. The lowest BCUT2D eigenvalue weighted by Gasteiger charge is -2.32. The molecule has 1 atom stereocenters. The van der Waals surface area contributed by atoms with Crippen molar-refractivity contribution in [3.05, 3.63) is 36.4 Å². The van der Waals surface area contributed by atoms with Crippen LogP contribution in [0.4, 0.5) is 0 Å². The van der Waals surface area contributed by atoms with Gasteiger partial charge in [-0.15, -0.1) is 0 Å². The molecule has 1 aliphatic rings. The second-order valence-corrected chi connectivity index (χ2v) is 6.07. The fraction of sp³-hybridized carbons (Fsp3) is 0.526. The lowest BCUT2D eigenvalue weighted by molar-refractivity contribution is 0.0878. The fourth-order valence-corrected chi connectivity index (χ4v) is 2.94. The van der Waals surface area contributed by atoms with Crippen molar-refractivity contribution in [1.82, 2.24) is 10.2 Å². The van der Waals surface area contributed by atoms with Crippen molar-refractivity contribution in [1.29, 1.82) is 0 Å². The maximum Gasteiger partial charge on any atom is 0.251 e. The molecule has 0 radical (unpaired) electrons. The van der Waals surface area contributed by atoms with E-state index in [9.17, 15) is 4.79 Å². The molecule has 2 rings (SSSR count). The summed E-state index contributed by atoms with van der Waals surface area (Å²) in [6.45, 7) is 7.53. The van der Waals surface area contributed by atoms with Crippen molar-refractivity contribution >= 4 is 5.91 Å². The second kappa shape index (κ2) is 10.1. The molecule has 1 N–H and O–H groups in total. The molecule has 1 heterocycles. The van der Waals surface area contributed by atoms with Crippen LogP contribution in [0, 0.1) is 0 Å². The van der Waals surface area contributed by atoms with Crippen LogP contribution in [0.5, 0.6) is 11.5 Å². The zero-order valence-corrected chi connectivity index (χ0v) is 15.1. The van der Waals surface area contributed by atoms with Gasteiger partial charge in [0.05, 0.1) is 13.7 Å². The van der Waals surface area contributed by atoms with Crippen molar-refractivity contribution in [3.8, 4) is 11.5 Å². The molecule has 1 aromatic rings. The first-order valence-corrected chi connectivity index (χ1v) is 8.61. The van der Waals surface area contributed by atoms with Gasteiger partial charge < -0.3 is 19.5 Å². The Bertz CT molecular complexity index is 577. The van der Waals surface area contributed by atoms with Crippen LogP contribution < -0.4 is 14.8 Å². The number of amides is 1. The molecule has 25 heavy (non-hydrogen) atoms. The summed E-state index contributed by atoms with van der Waals surface area (Å²) in [5.41, 5.74) is 0.566. The Labute approximate surface area is 149 Å². The number of benzene rings is 1. The maximum absolute atomic E-state index is 12.6. The molecule has 0 saturated carbocycles. The third-order valence-electron chi connectivity index (χ3n) is 4.23. The van der Waals surface area contributed by atoms with Gasteiger partial charge in [-0.25, -0.2) is 0 Å². The van der Waals surface area contributed by atoms with E-state index < -0.39 is 0 Å². The van der Waals surface area contributed by atoms with E-state index in [-0.39, 0.29) is 11.9 Å². The number of hydrogen-bond donors (Lipinski definition) is 1. The Balaban J connectivity index is 1.96. The number of nitrogens with zero attached hydrogens (tertiary/aromatic N) is 1. The highest BCUT2D eigenvalue weighted by molar-refractivity contribution is 5.95. The molecular weight excluding hydrogens is 320 g/mol. The minimum absolute atomic E-state index is 0.0906. The smallest absolute Gasteiger partial charge is 0.251 e. The van der Waals surface area contributed by atoms with E-state index in [0.29, 0.717) is 30.3 Å². The Morgan fingerprint density at radius 1 is 1.40 bits per heavy atom. The van der Waals surface area contributed by atoms with Gasteiger partial charge in [-0.2, -0.15) is 0 Å². The van der Waals surface area contributed by atoms with E-state index >= 15 is 0 Å². The highest BCUT2D eigenvalue weighted by atomic mass is 16.5. The number of carbonyl (C=O) groups is 1. The molecule has 0 unspecified atom stereocenters. The molecule has 1 aliphatic heterocycles. The van der Waals surface area contributed by atoms with Crippen LogP contribution in [0.2, 0.25) is 0 Å². The summed E-state index contributed by atoms with van der Waals surface area (Å²) < 4.78 is 16.0. The van der Waals surface area contributed by atoms with Gasteiger partial charge in [0, 0.05) is 31.8 Å². The first-order valence-electron chi connectivity index (χ1n) is 8.61. The van der Waals surface area contributed by atoms with Gasteiger partial charge in [-0.3, -0.25) is 9.69 Å². The van der Waals surface area contributed by atoms with E-state index in [1.54, 1.807) is 38.5 Å². The third-order valence-corrected chi connectivity index (χ3v) is 4.23. The number of methoxy groups -OCH3 is 2. The van der Waals surface area contributed by atoms with E-state index in [1.807, 2.05) is 0 Å². The molecule has 0 aromatic heterocycles. The number of ether oxygens (including phenoxy) is 3. The molecule has 0 spiro atoms. The summed E-state index contributed by atoms with van der Waals surface area (Å²) in [4.78, 5) is 14.9. The number of likely N-dealkylation sites (tertiary alicyclic amines) is 1. The van der Waals surface area contributed by atoms with Crippen LogP contribution in [0.15, 0.2) is 30.9 Å². The summed E-state index contributed by atoms with van der Waals surface area (Å²) in [5, 5.41) is 3.12. The van der Waals surface area contributed by atoms with E-state index in [2.05, 4.69) is 16.8 Å². The number of nitrogens with one attached hydrogen (secondary N) is 1. The van der Waals surface area contributed by atoms with Gasteiger partial charge in [-0.05, 0) is 37.6 Å². The number of carbonyl (C=O) groups excluding carboxylic acids is 1. The van der Waals surface area contributed by atoms with Gasteiger partial charge in [0.15, 0.2) is 11.5 Å². The van der Waals surface area contributed by atoms with Crippen LogP contribution in [0.25, 0.3) is 0 Å². The monoisotopic (exact) mass is 348 g/mol. The summed E-state index contributed by atoms with van der Waals surface area (Å²) in [6, 6.07) is 5.37. The molecule has 0 bridgehead atoms. The SMILES string of the molecule is C=CCOc1ccc(C(=O)N[C@@H]2CCCN(CCOC)C2)cc1OC. The zero-order chi connectivity index (χ0) is 18.1. The normalized spacial score (nSPS) is 17.8. The molecule has 6 nitrogen and oxygen atoms in total. The summed E-state index contributed by atoms with van der Waals surface area (Å²) in [7, 11) is 3.27. The highest BCUT2D eigenvalue weighted by Crippen LogP contribution is 2.28. The van der Waals surface area contributed by atoms with Crippen LogP contribution in [-0.4, -0.2) is 63.9 Å². The Morgan fingerprint density at radius 3 is 2.96 bits per heavy atom. The maximum atomic E-state index is 12.6. The standard InChI is InChI=1S/C19H28N2O4/c1-4-11-25-17-8-7-15(13-18(17)24-3)19(22)20-16-6-5-9-21(14-16)10-12-23-2/h4,7-8,13,16H,1,5-6,9-12,14H2,2-3H3,(H,20,22)/t16-/m1/s1. The topological polar surface area (TPSA) is 60.0 Å².